The molecule has 6 rings (SSSR count). The van der Waals surface area contributed by atoms with Crippen molar-refractivity contribution >= 4 is 44.9 Å². The summed E-state index contributed by atoms with van der Waals surface area (Å²) in [4.78, 5) is 46.0. The first-order valence-corrected chi connectivity index (χ1v) is 14.0. The van der Waals surface area contributed by atoms with Crippen LogP contribution >= 0.6 is 11.3 Å². The highest BCUT2D eigenvalue weighted by molar-refractivity contribution is 7.17. The number of rotatable bonds is 6. The van der Waals surface area contributed by atoms with Crippen LogP contribution in [0, 0.1) is 5.41 Å². The highest BCUT2D eigenvalue weighted by atomic mass is 32.1. The first kappa shape index (κ1) is 25.7. The molecular formula is C30H27N5O4S. The molecule has 5 aromatic rings. The number of carbonyl (C=O) groups is 2. The van der Waals surface area contributed by atoms with E-state index in [0.717, 1.165) is 41.7 Å². The first-order chi connectivity index (χ1) is 19.5. The Morgan fingerprint density at radius 1 is 1.10 bits per heavy atom. The van der Waals surface area contributed by atoms with Gasteiger partial charge in [0.25, 0.3) is 11.5 Å². The van der Waals surface area contributed by atoms with E-state index in [1.54, 1.807) is 35.9 Å². The smallest absolute Gasteiger partial charge is 0.341 e. The molecule has 0 atom stereocenters. The zero-order valence-corrected chi connectivity index (χ0v) is 22.7. The van der Waals surface area contributed by atoms with Crippen LogP contribution in [0.1, 0.15) is 56.5 Å². The largest absolute Gasteiger partial charge is 0.462 e. The lowest BCUT2D eigenvalue weighted by Gasteiger charge is -2.15. The number of carbonyl (C=O) groups excluding carboxylic acids is 2. The van der Waals surface area contributed by atoms with Gasteiger partial charge < -0.3 is 14.6 Å². The summed E-state index contributed by atoms with van der Waals surface area (Å²) in [5.74, 6) is -1.04. The zero-order valence-electron chi connectivity index (χ0n) is 21.9. The van der Waals surface area contributed by atoms with Gasteiger partial charge in [0.2, 0.25) is 0 Å². The van der Waals surface area contributed by atoms with Crippen molar-refractivity contribution in [2.24, 2.45) is 0 Å². The number of esters is 1. The molecule has 0 saturated carbocycles. The Balaban J connectivity index is 1.51. The standard InChI is InChI=1S/C30H27N5O4S/c1-2-39-30(38)24-19-12-6-7-13-22(19)40-28(24)33-27(36)20-16-21-26(32-23-14-8-9-15-34(23)29(21)37)35(25(20)31)17-18-10-4-3-5-11-18/h3-5,8-11,14-16,31H,2,6-7,12-13,17H2,1H3,(H,33,36). The highest BCUT2D eigenvalue weighted by Gasteiger charge is 2.28. The molecule has 1 amide bonds. The monoisotopic (exact) mass is 553 g/mol. The van der Waals surface area contributed by atoms with Gasteiger partial charge in [-0.05, 0) is 61.9 Å². The number of amides is 1. The molecule has 1 aliphatic rings. The van der Waals surface area contributed by atoms with Crippen LogP contribution in [-0.2, 0) is 24.1 Å². The molecule has 202 valence electrons. The van der Waals surface area contributed by atoms with Crippen molar-refractivity contribution in [2.45, 2.75) is 39.2 Å². The molecule has 0 radical (unpaired) electrons. The van der Waals surface area contributed by atoms with Crippen molar-refractivity contribution < 1.29 is 14.3 Å². The molecule has 2 N–H and O–H groups in total. The van der Waals surface area contributed by atoms with Crippen molar-refractivity contribution in [3.8, 4) is 0 Å². The molecular weight excluding hydrogens is 526 g/mol. The van der Waals surface area contributed by atoms with Gasteiger partial charge in [0, 0.05) is 11.1 Å². The number of pyridine rings is 2. The minimum atomic E-state index is -0.574. The Hall–Kier alpha value is -4.57. The lowest BCUT2D eigenvalue weighted by Crippen LogP contribution is -2.32. The van der Waals surface area contributed by atoms with Gasteiger partial charge in [0.05, 0.1) is 29.7 Å². The summed E-state index contributed by atoms with van der Waals surface area (Å²) in [5, 5.41) is 12.6. The molecule has 4 heterocycles. The fourth-order valence-corrected chi connectivity index (χ4v) is 6.50. The van der Waals surface area contributed by atoms with Gasteiger partial charge in [-0.3, -0.25) is 19.4 Å². The maximum Gasteiger partial charge on any atom is 0.341 e. The van der Waals surface area contributed by atoms with Crippen LogP contribution in [0.3, 0.4) is 0 Å². The SMILES string of the molecule is CCOC(=O)c1c(NC(=O)c2cc3c(=O)n4ccccc4nc3n(Cc3ccccc3)c2=N)sc2c1CCCC2. The van der Waals surface area contributed by atoms with Crippen LogP contribution in [0.5, 0.6) is 0 Å². The normalized spacial score (nSPS) is 12.8. The molecule has 0 unspecified atom stereocenters. The minimum Gasteiger partial charge on any atom is -0.462 e. The van der Waals surface area contributed by atoms with Crippen LogP contribution in [0.15, 0.2) is 65.6 Å². The average molecular weight is 554 g/mol. The highest BCUT2D eigenvalue weighted by Crippen LogP contribution is 2.38. The number of aryl methyl sites for hydroxylation is 1. The molecule has 4 aromatic heterocycles. The predicted octanol–water partition coefficient (Wildman–Crippen LogP) is 4.55. The Labute approximate surface area is 233 Å². The number of hydrogen-bond donors (Lipinski definition) is 2. The lowest BCUT2D eigenvalue weighted by molar-refractivity contribution is 0.0526. The Morgan fingerprint density at radius 2 is 1.88 bits per heavy atom. The predicted molar refractivity (Wildman–Crippen MR) is 153 cm³/mol. The Bertz CT molecular complexity index is 1910. The van der Waals surface area contributed by atoms with Gasteiger partial charge in [-0.25, -0.2) is 9.78 Å². The lowest BCUT2D eigenvalue weighted by atomic mass is 9.95. The second kappa shape index (κ2) is 10.5. The number of fused-ring (bicyclic) bond motifs is 3. The van der Waals surface area contributed by atoms with E-state index in [4.69, 9.17) is 15.1 Å². The summed E-state index contributed by atoms with van der Waals surface area (Å²) in [7, 11) is 0. The van der Waals surface area contributed by atoms with Gasteiger partial charge >= 0.3 is 5.97 Å². The van der Waals surface area contributed by atoms with E-state index in [1.165, 1.54) is 21.8 Å². The number of aromatic nitrogens is 3. The van der Waals surface area contributed by atoms with Crippen molar-refractivity contribution in [1.82, 2.24) is 14.0 Å². The molecule has 10 heteroatoms. The molecule has 0 spiro atoms. The van der Waals surface area contributed by atoms with E-state index < -0.39 is 11.9 Å². The molecule has 1 aromatic carbocycles. The number of nitrogens with zero attached hydrogens (tertiary/aromatic N) is 3. The molecule has 40 heavy (non-hydrogen) atoms. The van der Waals surface area contributed by atoms with E-state index in [9.17, 15) is 14.4 Å². The van der Waals surface area contributed by atoms with Crippen LogP contribution < -0.4 is 16.4 Å². The third-order valence-corrected chi connectivity index (χ3v) is 8.33. The third-order valence-electron chi connectivity index (χ3n) is 7.12. The maximum absolute atomic E-state index is 13.8. The Morgan fingerprint density at radius 3 is 2.67 bits per heavy atom. The number of anilines is 1. The number of nitrogens with one attached hydrogen (secondary N) is 2. The fraction of sp³-hybridized carbons (Fsp3) is 0.233. The van der Waals surface area contributed by atoms with E-state index >= 15 is 0 Å². The van der Waals surface area contributed by atoms with Gasteiger partial charge in [0.1, 0.15) is 21.8 Å². The van der Waals surface area contributed by atoms with Crippen molar-refractivity contribution in [3.05, 3.63) is 104 Å². The average Bonchev–Trinajstić information content (AvgIpc) is 3.33. The van der Waals surface area contributed by atoms with Crippen LogP contribution in [0.25, 0.3) is 16.7 Å². The minimum absolute atomic E-state index is 0.0133. The molecule has 9 nitrogen and oxygen atoms in total. The Kier molecular flexibility index (Phi) is 6.77. The van der Waals surface area contributed by atoms with Gasteiger partial charge in [0.15, 0.2) is 0 Å². The molecule has 0 saturated heterocycles. The summed E-state index contributed by atoms with van der Waals surface area (Å²) in [5.41, 5.74) is 2.58. The number of ether oxygens (including phenoxy) is 1. The van der Waals surface area contributed by atoms with Crippen LogP contribution in [-0.4, -0.2) is 32.4 Å². The van der Waals surface area contributed by atoms with Crippen molar-refractivity contribution in [3.63, 3.8) is 0 Å². The quantitative estimate of drug-likeness (QED) is 0.236. The number of thiophene rings is 1. The molecule has 1 aliphatic carbocycles. The van der Waals surface area contributed by atoms with E-state index in [-0.39, 0.29) is 35.1 Å². The first-order valence-electron chi connectivity index (χ1n) is 13.2. The molecule has 0 fully saturated rings. The van der Waals surface area contributed by atoms with Crippen LogP contribution in [0.4, 0.5) is 5.00 Å². The summed E-state index contributed by atoms with van der Waals surface area (Å²) in [6.45, 7) is 2.22. The van der Waals surface area contributed by atoms with E-state index in [0.29, 0.717) is 21.9 Å². The maximum atomic E-state index is 13.8. The van der Waals surface area contributed by atoms with Crippen molar-refractivity contribution in [1.29, 1.82) is 5.41 Å². The van der Waals surface area contributed by atoms with Gasteiger partial charge in [-0.15, -0.1) is 11.3 Å². The summed E-state index contributed by atoms with van der Waals surface area (Å²) >= 11 is 1.38. The fourth-order valence-electron chi connectivity index (χ4n) is 5.22. The molecule has 0 aliphatic heterocycles. The van der Waals surface area contributed by atoms with Gasteiger partial charge in [-0.2, -0.15) is 0 Å². The van der Waals surface area contributed by atoms with Crippen molar-refractivity contribution in [2.75, 3.05) is 11.9 Å². The number of hydrogen-bond acceptors (Lipinski definition) is 7. The topological polar surface area (TPSA) is 119 Å². The van der Waals surface area contributed by atoms with E-state index in [2.05, 4.69) is 5.32 Å². The third kappa shape index (κ3) is 4.50. The second-order valence-corrected chi connectivity index (χ2v) is 10.8. The summed E-state index contributed by atoms with van der Waals surface area (Å²) in [6, 6.07) is 16.2. The van der Waals surface area contributed by atoms with Gasteiger partial charge in [-0.1, -0.05) is 36.4 Å². The molecule has 0 bridgehead atoms. The van der Waals surface area contributed by atoms with E-state index in [1.807, 2.05) is 30.3 Å². The summed E-state index contributed by atoms with van der Waals surface area (Å²) < 4.78 is 8.33. The number of benzene rings is 1. The second-order valence-electron chi connectivity index (χ2n) is 9.65. The summed E-state index contributed by atoms with van der Waals surface area (Å²) in [6.07, 6.45) is 5.21. The zero-order chi connectivity index (χ0) is 27.8. The van der Waals surface area contributed by atoms with Crippen LogP contribution in [0.2, 0.25) is 0 Å².